The van der Waals surface area contributed by atoms with Crippen molar-refractivity contribution in [1.82, 2.24) is 0 Å². The molecule has 2 rings (SSSR count). The lowest BCUT2D eigenvalue weighted by molar-refractivity contribution is 0.411. The molecule has 2 N–H and O–H groups in total. The van der Waals surface area contributed by atoms with Gasteiger partial charge in [-0.1, -0.05) is 42.5 Å². The first-order valence-electron chi connectivity index (χ1n) is 5.67. The highest BCUT2D eigenvalue weighted by Crippen LogP contribution is 2.24. The Bertz CT molecular complexity index is 494. The van der Waals surface area contributed by atoms with E-state index in [1.807, 2.05) is 49.4 Å². The molecule has 0 radical (unpaired) electrons. The quantitative estimate of drug-likeness (QED) is 0.874. The lowest BCUT2D eigenvalue weighted by Crippen LogP contribution is -2.11. The van der Waals surface area contributed by atoms with Crippen molar-refractivity contribution >= 4 is 0 Å². The molecule has 0 aromatic heterocycles. The van der Waals surface area contributed by atoms with Crippen LogP contribution in [0.1, 0.15) is 22.7 Å². The van der Waals surface area contributed by atoms with E-state index < -0.39 is 0 Å². The Morgan fingerprint density at radius 2 is 1.71 bits per heavy atom. The van der Waals surface area contributed by atoms with E-state index >= 15 is 0 Å². The second-order valence-electron chi connectivity index (χ2n) is 4.12. The highest BCUT2D eigenvalue weighted by molar-refractivity contribution is 5.40. The molecule has 0 aliphatic carbocycles. The molecule has 0 fully saturated rings. The number of nitrogens with two attached hydrogens (primary N) is 1. The summed E-state index contributed by atoms with van der Waals surface area (Å²) in [6, 6.07) is 16.1. The summed E-state index contributed by atoms with van der Waals surface area (Å²) in [4.78, 5) is 0. The summed E-state index contributed by atoms with van der Waals surface area (Å²) in [5.41, 5.74) is 9.57. The first kappa shape index (κ1) is 11.7. The molecule has 2 nitrogen and oxygen atoms in total. The number of benzene rings is 2. The van der Waals surface area contributed by atoms with Crippen molar-refractivity contribution in [3.63, 3.8) is 0 Å². The summed E-state index contributed by atoms with van der Waals surface area (Å²) in [5.74, 6) is 0.897. The number of ether oxygens (including phenoxy) is 1. The van der Waals surface area contributed by atoms with Crippen LogP contribution in [0.3, 0.4) is 0 Å². The van der Waals surface area contributed by atoms with Crippen LogP contribution in [0.4, 0.5) is 0 Å². The first-order valence-corrected chi connectivity index (χ1v) is 5.67. The molecule has 2 aromatic rings. The van der Waals surface area contributed by atoms with Crippen LogP contribution in [0, 0.1) is 6.92 Å². The predicted octanol–water partition coefficient (Wildman–Crippen LogP) is 3.05. The standard InChI is InChI=1S/C15H17NO/c1-11-10-13(8-9-14(11)17-2)15(16)12-6-4-3-5-7-12/h3-10,15H,16H2,1-2H3. The number of aryl methyl sites for hydroxylation is 1. The van der Waals surface area contributed by atoms with Gasteiger partial charge in [-0.05, 0) is 29.7 Å². The van der Waals surface area contributed by atoms with Crippen LogP contribution in [0.2, 0.25) is 0 Å². The Balaban J connectivity index is 2.32. The van der Waals surface area contributed by atoms with E-state index in [9.17, 15) is 0 Å². The summed E-state index contributed by atoms with van der Waals surface area (Å²) < 4.78 is 5.24. The summed E-state index contributed by atoms with van der Waals surface area (Å²) >= 11 is 0. The maximum absolute atomic E-state index is 6.24. The molecule has 2 aromatic carbocycles. The zero-order valence-electron chi connectivity index (χ0n) is 10.2. The highest BCUT2D eigenvalue weighted by atomic mass is 16.5. The molecule has 0 amide bonds. The van der Waals surface area contributed by atoms with Crippen molar-refractivity contribution in [1.29, 1.82) is 0 Å². The Kier molecular flexibility index (Phi) is 3.45. The molecule has 0 heterocycles. The van der Waals surface area contributed by atoms with Crippen molar-refractivity contribution in [2.24, 2.45) is 5.73 Å². The number of methoxy groups -OCH3 is 1. The smallest absolute Gasteiger partial charge is 0.121 e. The van der Waals surface area contributed by atoms with Crippen LogP contribution in [0.5, 0.6) is 5.75 Å². The van der Waals surface area contributed by atoms with E-state index in [0.29, 0.717) is 0 Å². The third-order valence-corrected chi connectivity index (χ3v) is 2.94. The minimum atomic E-state index is -0.0826. The normalized spacial score (nSPS) is 12.2. The Hall–Kier alpha value is -1.80. The van der Waals surface area contributed by atoms with Gasteiger partial charge in [0.15, 0.2) is 0 Å². The molecule has 1 unspecified atom stereocenters. The fourth-order valence-corrected chi connectivity index (χ4v) is 1.95. The van der Waals surface area contributed by atoms with Crippen LogP contribution < -0.4 is 10.5 Å². The summed E-state index contributed by atoms with van der Waals surface area (Å²) in [7, 11) is 1.68. The van der Waals surface area contributed by atoms with Gasteiger partial charge >= 0.3 is 0 Å². The van der Waals surface area contributed by atoms with Crippen molar-refractivity contribution in [3.05, 3.63) is 65.2 Å². The Morgan fingerprint density at radius 1 is 1.00 bits per heavy atom. The molecule has 0 spiro atoms. The highest BCUT2D eigenvalue weighted by Gasteiger charge is 2.09. The van der Waals surface area contributed by atoms with Gasteiger partial charge in [-0.2, -0.15) is 0 Å². The molecule has 1 atom stereocenters. The van der Waals surface area contributed by atoms with E-state index in [4.69, 9.17) is 10.5 Å². The maximum Gasteiger partial charge on any atom is 0.121 e. The summed E-state index contributed by atoms with van der Waals surface area (Å²) in [6.45, 7) is 2.03. The minimum absolute atomic E-state index is 0.0826. The third-order valence-electron chi connectivity index (χ3n) is 2.94. The molecular weight excluding hydrogens is 210 g/mol. The SMILES string of the molecule is COc1ccc(C(N)c2ccccc2)cc1C. The van der Waals surface area contributed by atoms with Gasteiger partial charge in [0.1, 0.15) is 5.75 Å². The van der Waals surface area contributed by atoms with Crippen LogP contribution >= 0.6 is 0 Å². The fourth-order valence-electron chi connectivity index (χ4n) is 1.95. The van der Waals surface area contributed by atoms with E-state index in [-0.39, 0.29) is 6.04 Å². The molecule has 0 saturated carbocycles. The molecule has 0 saturated heterocycles. The number of rotatable bonds is 3. The largest absolute Gasteiger partial charge is 0.496 e. The van der Waals surface area contributed by atoms with Gasteiger partial charge in [0.25, 0.3) is 0 Å². The molecule has 0 bridgehead atoms. The average Bonchev–Trinajstić information content (AvgIpc) is 2.39. The van der Waals surface area contributed by atoms with E-state index in [2.05, 4.69) is 6.07 Å². The fraction of sp³-hybridized carbons (Fsp3) is 0.200. The summed E-state index contributed by atoms with van der Waals surface area (Å²) in [5, 5.41) is 0. The second kappa shape index (κ2) is 5.02. The molecule has 17 heavy (non-hydrogen) atoms. The molecule has 0 aliphatic heterocycles. The lowest BCUT2D eigenvalue weighted by atomic mass is 9.98. The average molecular weight is 227 g/mol. The topological polar surface area (TPSA) is 35.2 Å². The Morgan fingerprint density at radius 3 is 2.29 bits per heavy atom. The van der Waals surface area contributed by atoms with Crippen molar-refractivity contribution < 1.29 is 4.74 Å². The zero-order valence-corrected chi connectivity index (χ0v) is 10.2. The zero-order chi connectivity index (χ0) is 12.3. The first-order chi connectivity index (χ1) is 8.22. The Labute approximate surface area is 102 Å². The lowest BCUT2D eigenvalue weighted by Gasteiger charge is -2.14. The van der Waals surface area contributed by atoms with Gasteiger partial charge in [-0.25, -0.2) is 0 Å². The third kappa shape index (κ3) is 2.48. The monoisotopic (exact) mass is 227 g/mol. The minimum Gasteiger partial charge on any atom is -0.496 e. The van der Waals surface area contributed by atoms with Gasteiger partial charge in [-0.3, -0.25) is 0 Å². The number of hydrogen-bond acceptors (Lipinski definition) is 2. The number of hydrogen-bond donors (Lipinski definition) is 1. The van der Waals surface area contributed by atoms with E-state index in [1.54, 1.807) is 7.11 Å². The van der Waals surface area contributed by atoms with Crippen LogP contribution in [-0.2, 0) is 0 Å². The van der Waals surface area contributed by atoms with Gasteiger partial charge in [-0.15, -0.1) is 0 Å². The van der Waals surface area contributed by atoms with Crippen molar-refractivity contribution in [3.8, 4) is 5.75 Å². The van der Waals surface area contributed by atoms with E-state index in [1.165, 1.54) is 0 Å². The molecule has 2 heteroatoms. The van der Waals surface area contributed by atoms with Crippen molar-refractivity contribution in [2.45, 2.75) is 13.0 Å². The van der Waals surface area contributed by atoms with Gasteiger partial charge in [0.05, 0.1) is 13.2 Å². The van der Waals surface area contributed by atoms with Crippen molar-refractivity contribution in [2.75, 3.05) is 7.11 Å². The molecule has 0 aliphatic rings. The van der Waals surface area contributed by atoms with Gasteiger partial charge in [0, 0.05) is 0 Å². The maximum atomic E-state index is 6.24. The van der Waals surface area contributed by atoms with E-state index in [0.717, 1.165) is 22.4 Å². The molecule has 88 valence electrons. The van der Waals surface area contributed by atoms with Crippen LogP contribution in [-0.4, -0.2) is 7.11 Å². The predicted molar refractivity (Wildman–Crippen MR) is 70.2 cm³/mol. The van der Waals surface area contributed by atoms with Gasteiger partial charge < -0.3 is 10.5 Å². The van der Waals surface area contributed by atoms with Gasteiger partial charge in [0.2, 0.25) is 0 Å². The summed E-state index contributed by atoms with van der Waals surface area (Å²) in [6.07, 6.45) is 0. The second-order valence-corrected chi connectivity index (χ2v) is 4.12. The molecular formula is C15H17NO. The van der Waals surface area contributed by atoms with Crippen LogP contribution in [0.15, 0.2) is 48.5 Å². The van der Waals surface area contributed by atoms with Crippen LogP contribution in [0.25, 0.3) is 0 Å².